The molecular formula is C6H8F3N3O. The number of halogens is 3. The third kappa shape index (κ3) is 2.41. The Bertz CT molecular complexity index is 283. The van der Waals surface area contributed by atoms with Crippen LogP contribution in [-0.4, -0.2) is 32.4 Å². The van der Waals surface area contributed by atoms with Gasteiger partial charge in [0.15, 0.2) is 6.10 Å². The first-order valence-corrected chi connectivity index (χ1v) is 3.49. The number of rotatable bonds is 2. The summed E-state index contributed by atoms with van der Waals surface area (Å²) in [5.74, 6) is 0. The van der Waals surface area contributed by atoms with Crippen molar-refractivity contribution in [1.29, 1.82) is 0 Å². The standard InChI is InChI=1S/C6H8F3N3O/c1-12-4(3-10-11-12)2-5(13)6(7,8)9/h3,5,13H,2H2,1H3. The van der Waals surface area contributed by atoms with Gasteiger partial charge in [0.25, 0.3) is 0 Å². The zero-order valence-corrected chi connectivity index (χ0v) is 6.78. The van der Waals surface area contributed by atoms with Crippen LogP contribution in [0.4, 0.5) is 13.2 Å². The summed E-state index contributed by atoms with van der Waals surface area (Å²) in [7, 11) is 1.46. The molecule has 0 fully saturated rings. The molecule has 0 aromatic carbocycles. The van der Waals surface area contributed by atoms with Crippen molar-refractivity contribution in [2.45, 2.75) is 18.7 Å². The van der Waals surface area contributed by atoms with E-state index in [4.69, 9.17) is 5.11 Å². The first-order valence-electron chi connectivity index (χ1n) is 3.49. The average Bonchev–Trinajstić information content (AvgIpc) is 2.34. The van der Waals surface area contributed by atoms with Gasteiger partial charge in [-0.15, -0.1) is 5.10 Å². The SMILES string of the molecule is Cn1nncc1CC(O)C(F)(F)F. The van der Waals surface area contributed by atoms with Crippen LogP contribution in [-0.2, 0) is 13.5 Å². The van der Waals surface area contributed by atoms with Crippen LogP contribution < -0.4 is 0 Å². The van der Waals surface area contributed by atoms with Gasteiger partial charge >= 0.3 is 6.18 Å². The zero-order valence-electron chi connectivity index (χ0n) is 6.78. The minimum atomic E-state index is -4.59. The Balaban J connectivity index is 2.65. The Morgan fingerprint density at radius 1 is 1.62 bits per heavy atom. The molecule has 74 valence electrons. The predicted molar refractivity (Wildman–Crippen MR) is 36.8 cm³/mol. The van der Waals surface area contributed by atoms with Crippen LogP contribution in [0.5, 0.6) is 0 Å². The van der Waals surface area contributed by atoms with E-state index < -0.39 is 18.7 Å². The van der Waals surface area contributed by atoms with Gasteiger partial charge in [-0.05, 0) is 0 Å². The number of aryl methyl sites for hydroxylation is 1. The van der Waals surface area contributed by atoms with Crippen molar-refractivity contribution in [3.8, 4) is 0 Å². The van der Waals surface area contributed by atoms with Crippen molar-refractivity contribution in [3.63, 3.8) is 0 Å². The summed E-state index contributed by atoms with van der Waals surface area (Å²) in [4.78, 5) is 0. The van der Waals surface area contributed by atoms with Crippen molar-refractivity contribution in [1.82, 2.24) is 15.0 Å². The van der Waals surface area contributed by atoms with E-state index in [1.807, 2.05) is 0 Å². The highest BCUT2D eigenvalue weighted by Gasteiger charge is 2.38. The molecule has 0 spiro atoms. The zero-order chi connectivity index (χ0) is 10.1. The maximum atomic E-state index is 11.9. The number of hydrogen-bond donors (Lipinski definition) is 1. The lowest BCUT2D eigenvalue weighted by Gasteiger charge is -2.13. The van der Waals surface area contributed by atoms with Crippen molar-refractivity contribution >= 4 is 0 Å². The van der Waals surface area contributed by atoms with Gasteiger partial charge < -0.3 is 5.11 Å². The third-order valence-electron chi connectivity index (χ3n) is 1.59. The second-order valence-corrected chi connectivity index (χ2v) is 2.61. The molecule has 0 saturated heterocycles. The molecule has 0 aliphatic carbocycles. The molecule has 1 heterocycles. The van der Waals surface area contributed by atoms with Gasteiger partial charge in [0, 0.05) is 13.5 Å². The Kier molecular flexibility index (Phi) is 2.55. The van der Waals surface area contributed by atoms with E-state index in [2.05, 4.69) is 10.3 Å². The van der Waals surface area contributed by atoms with Crippen molar-refractivity contribution in [2.24, 2.45) is 7.05 Å². The highest BCUT2D eigenvalue weighted by molar-refractivity contribution is 4.96. The number of hydrogen-bond acceptors (Lipinski definition) is 3. The largest absolute Gasteiger partial charge is 0.414 e. The molecule has 1 atom stereocenters. The number of aromatic nitrogens is 3. The first-order chi connectivity index (χ1) is 5.91. The molecule has 0 saturated carbocycles. The smallest absolute Gasteiger partial charge is 0.383 e. The molecule has 1 rings (SSSR count). The number of alkyl halides is 3. The lowest BCUT2D eigenvalue weighted by molar-refractivity contribution is -0.203. The van der Waals surface area contributed by atoms with E-state index in [1.54, 1.807) is 0 Å². The molecule has 1 aromatic rings. The molecular weight excluding hydrogens is 187 g/mol. The second-order valence-electron chi connectivity index (χ2n) is 2.61. The summed E-state index contributed by atoms with van der Waals surface area (Å²) in [6.45, 7) is 0. The molecule has 1 aromatic heterocycles. The normalized spacial score (nSPS) is 14.5. The van der Waals surface area contributed by atoms with E-state index in [-0.39, 0.29) is 5.69 Å². The van der Waals surface area contributed by atoms with E-state index in [1.165, 1.54) is 17.9 Å². The summed E-state index contributed by atoms with van der Waals surface area (Å²) >= 11 is 0. The molecule has 0 bridgehead atoms. The quantitative estimate of drug-likeness (QED) is 0.737. The number of aliphatic hydroxyl groups is 1. The molecule has 4 nitrogen and oxygen atoms in total. The minimum absolute atomic E-state index is 0.241. The maximum absolute atomic E-state index is 11.9. The number of aliphatic hydroxyl groups excluding tert-OH is 1. The highest BCUT2D eigenvalue weighted by atomic mass is 19.4. The van der Waals surface area contributed by atoms with Gasteiger partial charge in [0.2, 0.25) is 0 Å². The summed E-state index contributed by atoms with van der Waals surface area (Å²) in [6.07, 6.45) is -6.28. The fourth-order valence-electron chi connectivity index (χ4n) is 0.810. The van der Waals surface area contributed by atoms with Crippen molar-refractivity contribution in [2.75, 3.05) is 0 Å². The Morgan fingerprint density at radius 3 is 2.62 bits per heavy atom. The fourth-order valence-corrected chi connectivity index (χ4v) is 0.810. The van der Waals surface area contributed by atoms with Gasteiger partial charge in [-0.1, -0.05) is 5.21 Å². The van der Waals surface area contributed by atoms with E-state index >= 15 is 0 Å². The molecule has 1 N–H and O–H groups in total. The topological polar surface area (TPSA) is 50.9 Å². The predicted octanol–water partition coefficient (Wildman–Crippen LogP) is 0.281. The molecule has 7 heteroatoms. The molecule has 0 aliphatic heterocycles. The van der Waals surface area contributed by atoms with Gasteiger partial charge in [0.05, 0.1) is 11.9 Å². The first kappa shape index (κ1) is 9.97. The van der Waals surface area contributed by atoms with Gasteiger partial charge in [-0.2, -0.15) is 13.2 Å². The summed E-state index contributed by atoms with van der Waals surface area (Å²) < 4.78 is 36.8. The Morgan fingerprint density at radius 2 is 2.23 bits per heavy atom. The highest BCUT2D eigenvalue weighted by Crippen LogP contribution is 2.22. The third-order valence-corrected chi connectivity index (χ3v) is 1.59. The van der Waals surface area contributed by atoms with Crippen LogP contribution in [0.2, 0.25) is 0 Å². The van der Waals surface area contributed by atoms with Crippen LogP contribution in [0.15, 0.2) is 6.20 Å². The molecule has 0 amide bonds. The van der Waals surface area contributed by atoms with E-state index in [0.717, 1.165) is 0 Å². The van der Waals surface area contributed by atoms with Crippen LogP contribution in [0.1, 0.15) is 5.69 Å². The van der Waals surface area contributed by atoms with E-state index in [9.17, 15) is 13.2 Å². The minimum Gasteiger partial charge on any atom is -0.383 e. The van der Waals surface area contributed by atoms with Crippen LogP contribution >= 0.6 is 0 Å². The van der Waals surface area contributed by atoms with Crippen LogP contribution in [0.25, 0.3) is 0 Å². The van der Waals surface area contributed by atoms with Crippen molar-refractivity contribution in [3.05, 3.63) is 11.9 Å². The Hall–Kier alpha value is -1.11. The Labute approximate surface area is 72.0 Å². The van der Waals surface area contributed by atoms with E-state index in [0.29, 0.717) is 0 Å². The van der Waals surface area contributed by atoms with Gasteiger partial charge in [0.1, 0.15) is 0 Å². The van der Waals surface area contributed by atoms with Crippen LogP contribution in [0.3, 0.4) is 0 Å². The molecule has 1 unspecified atom stereocenters. The van der Waals surface area contributed by atoms with Gasteiger partial charge in [-0.25, -0.2) is 0 Å². The molecule has 13 heavy (non-hydrogen) atoms. The average molecular weight is 195 g/mol. The summed E-state index contributed by atoms with van der Waals surface area (Å²) in [5, 5.41) is 15.5. The lowest BCUT2D eigenvalue weighted by atomic mass is 10.2. The maximum Gasteiger partial charge on any atom is 0.414 e. The molecule has 0 aliphatic rings. The monoisotopic (exact) mass is 195 g/mol. The van der Waals surface area contributed by atoms with Gasteiger partial charge in [-0.3, -0.25) is 4.68 Å². The summed E-state index contributed by atoms with van der Waals surface area (Å²) in [6, 6.07) is 0. The van der Waals surface area contributed by atoms with Crippen molar-refractivity contribution < 1.29 is 18.3 Å². The fraction of sp³-hybridized carbons (Fsp3) is 0.667. The summed E-state index contributed by atoms with van der Waals surface area (Å²) in [5.41, 5.74) is 0.241. The number of nitrogens with zero attached hydrogens (tertiary/aromatic N) is 3. The van der Waals surface area contributed by atoms with Crippen LogP contribution in [0, 0.1) is 0 Å². The molecule has 0 radical (unpaired) electrons. The second kappa shape index (κ2) is 3.33. The lowest BCUT2D eigenvalue weighted by Crippen LogP contribution is -2.31.